The molecule has 140 valence electrons. The number of fused-ring (bicyclic) bond motifs is 1. The third-order valence-corrected chi connectivity index (χ3v) is 6.85. The quantitative estimate of drug-likeness (QED) is 0.660. The van der Waals surface area contributed by atoms with Crippen molar-refractivity contribution in [3.05, 3.63) is 64.7 Å². The lowest BCUT2D eigenvalue weighted by atomic mass is 9.79. The van der Waals surface area contributed by atoms with E-state index in [4.69, 9.17) is 4.98 Å². The molecule has 0 saturated heterocycles. The van der Waals surface area contributed by atoms with Crippen LogP contribution < -0.4 is 5.32 Å². The Labute approximate surface area is 164 Å². The largest absolute Gasteiger partial charge is 0.356 e. The molecule has 1 aliphatic carbocycles. The summed E-state index contributed by atoms with van der Waals surface area (Å²) in [4.78, 5) is 17.8. The molecule has 1 saturated carbocycles. The number of para-hydroxylation sites is 1. The predicted molar refractivity (Wildman–Crippen MR) is 112 cm³/mol. The molecule has 3 nitrogen and oxygen atoms in total. The van der Waals surface area contributed by atoms with Crippen LogP contribution in [0.15, 0.2) is 48.5 Å². The molecule has 1 amide bonds. The lowest BCUT2D eigenvalue weighted by Gasteiger charge is -2.29. The van der Waals surface area contributed by atoms with Crippen LogP contribution in [0.5, 0.6) is 0 Å². The number of nitrogens with zero attached hydrogens (tertiary/aromatic N) is 1. The zero-order valence-electron chi connectivity index (χ0n) is 15.8. The van der Waals surface area contributed by atoms with Gasteiger partial charge in [-0.1, -0.05) is 49.2 Å². The van der Waals surface area contributed by atoms with Crippen molar-refractivity contribution in [3.63, 3.8) is 0 Å². The molecule has 2 atom stereocenters. The Morgan fingerprint density at radius 3 is 2.74 bits per heavy atom. The molecule has 3 aromatic rings. The van der Waals surface area contributed by atoms with E-state index in [-0.39, 0.29) is 17.7 Å². The highest BCUT2D eigenvalue weighted by molar-refractivity contribution is 7.18. The van der Waals surface area contributed by atoms with Gasteiger partial charge in [0.1, 0.15) is 0 Å². The number of aryl methyl sites for hydroxylation is 1. The van der Waals surface area contributed by atoms with E-state index in [9.17, 15) is 4.79 Å². The summed E-state index contributed by atoms with van der Waals surface area (Å²) in [6, 6.07) is 16.7. The minimum atomic E-state index is 0.0520. The number of benzene rings is 2. The van der Waals surface area contributed by atoms with Crippen LogP contribution in [0.2, 0.25) is 0 Å². The average molecular weight is 379 g/mol. The van der Waals surface area contributed by atoms with E-state index in [0.717, 1.165) is 36.2 Å². The summed E-state index contributed by atoms with van der Waals surface area (Å²) < 4.78 is 1.22. The highest BCUT2D eigenvalue weighted by Gasteiger charge is 2.33. The Kier molecular flexibility index (Phi) is 5.53. The van der Waals surface area contributed by atoms with Gasteiger partial charge in [-0.25, -0.2) is 4.98 Å². The Morgan fingerprint density at radius 2 is 1.89 bits per heavy atom. The van der Waals surface area contributed by atoms with Gasteiger partial charge < -0.3 is 5.32 Å². The van der Waals surface area contributed by atoms with Crippen molar-refractivity contribution in [2.75, 3.05) is 6.54 Å². The van der Waals surface area contributed by atoms with E-state index in [0.29, 0.717) is 6.54 Å². The van der Waals surface area contributed by atoms with Crippen molar-refractivity contribution in [2.24, 2.45) is 5.92 Å². The van der Waals surface area contributed by atoms with Crippen LogP contribution in [-0.2, 0) is 11.2 Å². The Balaban J connectivity index is 1.43. The zero-order chi connectivity index (χ0) is 18.6. The fourth-order valence-electron chi connectivity index (χ4n) is 4.13. The van der Waals surface area contributed by atoms with Gasteiger partial charge in [0.05, 0.1) is 15.2 Å². The van der Waals surface area contributed by atoms with Crippen LogP contribution in [-0.4, -0.2) is 17.4 Å². The molecule has 1 N–H and O–H groups in total. The van der Waals surface area contributed by atoms with Gasteiger partial charge in [-0.15, -0.1) is 11.3 Å². The summed E-state index contributed by atoms with van der Waals surface area (Å²) in [5.41, 5.74) is 3.66. The number of hydrogen-bond acceptors (Lipinski definition) is 3. The molecule has 2 aromatic carbocycles. The molecule has 1 fully saturated rings. The molecule has 0 radical (unpaired) electrons. The van der Waals surface area contributed by atoms with Crippen molar-refractivity contribution >= 4 is 27.5 Å². The highest BCUT2D eigenvalue weighted by atomic mass is 32.1. The zero-order valence-corrected chi connectivity index (χ0v) is 16.6. The highest BCUT2D eigenvalue weighted by Crippen LogP contribution is 2.40. The smallest absolute Gasteiger partial charge is 0.223 e. The maximum absolute atomic E-state index is 12.9. The maximum Gasteiger partial charge on any atom is 0.223 e. The molecule has 0 spiro atoms. The molecule has 0 unspecified atom stereocenters. The number of amides is 1. The average Bonchev–Trinajstić information content (AvgIpc) is 3.13. The van der Waals surface area contributed by atoms with E-state index in [1.165, 1.54) is 22.2 Å². The minimum Gasteiger partial charge on any atom is -0.356 e. The van der Waals surface area contributed by atoms with Gasteiger partial charge in [-0.3, -0.25) is 4.79 Å². The monoisotopic (exact) mass is 378 g/mol. The summed E-state index contributed by atoms with van der Waals surface area (Å²) in [5.74, 6) is 0.512. The molecular weight excluding hydrogens is 352 g/mol. The second-order valence-electron chi connectivity index (χ2n) is 7.48. The van der Waals surface area contributed by atoms with E-state index in [1.54, 1.807) is 11.3 Å². The summed E-state index contributed by atoms with van der Waals surface area (Å²) in [6.07, 6.45) is 5.24. The standard InChI is InChI=1S/C23H26N2OS/c1-16-8-2-3-9-17(16)14-15-24-22(26)18-10-4-5-11-19(18)23-25-20-12-6-7-13-21(20)27-23/h2-3,6-9,12-13,18-19H,4-5,10-11,14-15H2,1H3,(H,24,26)/t18-,19-/m1/s1. The molecule has 1 heterocycles. The first-order chi connectivity index (χ1) is 13.2. The molecule has 1 aliphatic rings. The molecule has 27 heavy (non-hydrogen) atoms. The Hall–Kier alpha value is -2.20. The molecule has 0 aliphatic heterocycles. The summed E-state index contributed by atoms with van der Waals surface area (Å²) >= 11 is 1.76. The number of hydrogen-bond donors (Lipinski definition) is 1. The summed E-state index contributed by atoms with van der Waals surface area (Å²) in [7, 11) is 0. The van der Waals surface area contributed by atoms with Gasteiger partial charge >= 0.3 is 0 Å². The van der Waals surface area contributed by atoms with Crippen molar-refractivity contribution in [1.82, 2.24) is 10.3 Å². The van der Waals surface area contributed by atoms with Gasteiger partial charge in [-0.2, -0.15) is 0 Å². The first-order valence-corrected chi connectivity index (χ1v) is 10.7. The van der Waals surface area contributed by atoms with Gasteiger partial charge in [-0.05, 0) is 49.4 Å². The van der Waals surface area contributed by atoms with Gasteiger partial charge in [0.25, 0.3) is 0 Å². The van der Waals surface area contributed by atoms with Gasteiger partial charge in [0.15, 0.2) is 0 Å². The van der Waals surface area contributed by atoms with Crippen molar-refractivity contribution in [3.8, 4) is 0 Å². The van der Waals surface area contributed by atoms with Crippen molar-refractivity contribution < 1.29 is 4.79 Å². The third-order valence-electron chi connectivity index (χ3n) is 5.69. The van der Waals surface area contributed by atoms with Gasteiger partial charge in [0, 0.05) is 18.4 Å². The van der Waals surface area contributed by atoms with Crippen LogP contribution in [0.3, 0.4) is 0 Å². The number of carbonyl (C=O) groups is 1. The molecular formula is C23H26N2OS. The summed E-state index contributed by atoms with van der Waals surface area (Å²) in [5, 5.41) is 4.33. The SMILES string of the molecule is Cc1ccccc1CCNC(=O)[C@@H]1CCCC[C@H]1c1nc2ccccc2s1. The number of carbonyl (C=O) groups excluding carboxylic acids is 1. The molecule has 4 heteroatoms. The maximum atomic E-state index is 12.9. The first-order valence-electron chi connectivity index (χ1n) is 9.90. The summed E-state index contributed by atoms with van der Waals surface area (Å²) in [6.45, 7) is 2.83. The van der Waals surface area contributed by atoms with Crippen molar-refractivity contribution in [1.29, 1.82) is 0 Å². The number of thiazole rings is 1. The second kappa shape index (κ2) is 8.22. The second-order valence-corrected chi connectivity index (χ2v) is 8.55. The Bertz CT molecular complexity index is 900. The van der Waals surface area contributed by atoms with Crippen LogP contribution in [0.4, 0.5) is 0 Å². The normalized spacial score (nSPS) is 19.9. The van der Waals surface area contributed by atoms with Crippen LogP contribution in [0.25, 0.3) is 10.2 Å². The fourth-order valence-corrected chi connectivity index (χ4v) is 5.30. The lowest BCUT2D eigenvalue weighted by Crippen LogP contribution is -2.36. The predicted octanol–water partition coefficient (Wildman–Crippen LogP) is 5.24. The topological polar surface area (TPSA) is 42.0 Å². The van der Waals surface area contributed by atoms with Crippen LogP contribution >= 0.6 is 11.3 Å². The fraction of sp³-hybridized carbons (Fsp3) is 0.391. The van der Waals surface area contributed by atoms with E-state index in [2.05, 4.69) is 54.7 Å². The number of rotatable bonds is 5. The van der Waals surface area contributed by atoms with Crippen molar-refractivity contribution in [2.45, 2.75) is 44.9 Å². The van der Waals surface area contributed by atoms with E-state index < -0.39 is 0 Å². The van der Waals surface area contributed by atoms with Gasteiger partial charge in [0.2, 0.25) is 5.91 Å². The minimum absolute atomic E-state index is 0.0520. The van der Waals surface area contributed by atoms with Crippen LogP contribution in [0.1, 0.15) is 47.7 Å². The number of aromatic nitrogens is 1. The molecule has 1 aromatic heterocycles. The lowest BCUT2D eigenvalue weighted by molar-refractivity contribution is -0.126. The first kappa shape index (κ1) is 18.2. The van der Waals surface area contributed by atoms with E-state index in [1.807, 2.05) is 6.07 Å². The molecule has 4 rings (SSSR count). The van der Waals surface area contributed by atoms with E-state index >= 15 is 0 Å². The number of nitrogens with one attached hydrogen (secondary N) is 1. The van der Waals surface area contributed by atoms with Crippen LogP contribution in [0, 0.1) is 12.8 Å². The molecule has 0 bridgehead atoms. The third kappa shape index (κ3) is 4.06. The Morgan fingerprint density at radius 1 is 1.11 bits per heavy atom.